The average molecular weight is 203 g/mol. The predicted molar refractivity (Wildman–Crippen MR) is 48.9 cm³/mol. The van der Waals surface area contributed by atoms with E-state index in [1.54, 1.807) is 0 Å². The monoisotopic (exact) mass is 203 g/mol. The normalized spacial score (nSPS) is 10.4. The van der Waals surface area contributed by atoms with E-state index in [0.717, 1.165) is 0 Å². The Morgan fingerprint density at radius 1 is 1.21 bits per heavy atom. The highest BCUT2D eigenvalue weighted by Crippen LogP contribution is 2.38. The molecule has 0 aromatic heterocycles. The Morgan fingerprint density at radius 2 is 1.86 bits per heavy atom. The first-order chi connectivity index (χ1) is 6.60. The standard InChI is InChI=1S/C9H11F2NO2/c1-13-7-4-5(12)3-6(9(10)11)8(7)14-2/h3-4,9H,12H2,1-2H3. The van der Waals surface area contributed by atoms with Gasteiger partial charge in [-0.3, -0.25) is 0 Å². The molecular formula is C9H11F2NO2. The highest BCUT2D eigenvalue weighted by Gasteiger charge is 2.18. The molecule has 2 N–H and O–H groups in total. The molecule has 0 aliphatic rings. The topological polar surface area (TPSA) is 44.5 Å². The number of rotatable bonds is 3. The summed E-state index contributed by atoms with van der Waals surface area (Å²) < 4.78 is 34.7. The molecule has 1 aromatic rings. The molecule has 0 radical (unpaired) electrons. The molecule has 0 aliphatic carbocycles. The molecule has 0 spiro atoms. The molecule has 78 valence electrons. The maximum absolute atomic E-state index is 12.5. The molecule has 3 nitrogen and oxygen atoms in total. The lowest BCUT2D eigenvalue weighted by Gasteiger charge is -2.12. The van der Waals surface area contributed by atoms with Crippen LogP contribution in [0.3, 0.4) is 0 Å². The summed E-state index contributed by atoms with van der Waals surface area (Å²) in [6.07, 6.45) is -2.64. The van der Waals surface area contributed by atoms with Gasteiger partial charge in [0.15, 0.2) is 11.5 Å². The highest BCUT2D eigenvalue weighted by molar-refractivity contribution is 5.57. The number of benzene rings is 1. The average Bonchev–Trinajstić information content (AvgIpc) is 2.16. The van der Waals surface area contributed by atoms with E-state index in [9.17, 15) is 8.78 Å². The smallest absolute Gasteiger partial charge is 0.267 e. The van der Waals surface area contributed by atoms with Gasteiger partial charge in [-0.05, 0) is 6.07 Å². The molecule has 1 aromatic carbocycles. The van der Waals surface area contributed by atoms with Crippen molar-refractivity contribution in [1.82, 2.24) is 0 Å². The third-order valence-corrected chi connectivity index (χ3v) is 1.77. The number of halogens is 2. The molecule has 1 rings (SSSR count). The summed E-state index contributed by atoms with van der Waals surface area (Å²) >= 11 is 0. The molecule has 0 atom stereocenters. The molecular weight excluding hydrogens is 192 g/mol. The van der Waals surface area contributed by atoms with Crippen LogP contribution in [0.15, 0.2) is 12.1 Å². The first kappa shape index (κ1) is 10.6. The quantitative estimate of drug-likeness (QED) is 0.766. The van der Waals surface area contributed by atoms with Crippen LogP contribution in [0, 0.1) is 0 Å². The molecule has 0 unspecified atom stereocenters. The minimum Gasteiger partial charge on any atom is -0.493 e. The maximum Gasteiger partial charge on any atom is 0.267 e. The Hall–Kier alpha value is -1.52. The maximum atomic E-state index is 12.5. The third kappa shape index (κ3) is 1.86. The van der Waals surface area contributed by atoms with Gasteiger partial charge < -0.3 is 15.2 Å². The number of nitrogen functional groups attached to an aromatic ring is 1. The fourth-order valence-electron chi connectivity index (χ4n) is 1.18. The van der Waals surface area contributed by atoms with Crippen molar-refractivity contribution in [3.63, 3.8) is 0 Å². The van der Waals surface area contributed by atoms with Crippen molar-refractivity contribution in [2.24, 2.45) is 0 Å². The van der Waals surface area contributed by atoms with Crippen LogP contribution in [0.1, 0.15) is 12.0 Å². The van der Waals surface area contributed by atoms with E-state index in [2.05, 4.69) is 0 Å². The van der Waals surface area contributed by atoms with Crippen LogP contribution < -0.4 is 15.2 Å². The van der Waals surface area contributed by atoms with Crippen molar-refractivity contribution < 1.29 is 18.3 Å². The van der Waals surface area contributed by atoms with Crippen molar-refractivity contribution in [1.29, 1.82) is 0 Å². The van der Waals surface area contributed by atoms with Crippen molar-refractivity contribution in [2.75, 3.05) is 20.0 Å². The lowest BCUT2D eigenvalue weighted by Crippen LogP contribution is -1.98. The van der Waals surface area contributed by atoms with E-state index in [4.69, 9.17) is 15.2 Å². The van der Waals surface area contributed by atoms with E-state index in [-0.39, 0.29) is 22.7 Å². The van der Waals surface area contributed by atoms with Gasteiger partial charge in [0.2, 0.25) is 0 Å². The van der Waals surface area contributed by atoms with Gasteiger partial charge in [-0.25, -0.2) is 8.78 Å². The zero-order valence-electron chi connectivity index (χ0n) is 7.88. The summed E-state index contributed by atoms with van der Waals surface area (Å²) in [6.45, 7) is 0. The summed E-state index contributed by atoms with van der Waals surface area (Å²) in [6, 6.07) is 2.61. The summed E-state index contributed by atoms with van der Waals surface area (Å²) in [5.41, 5.74) is 5.39. The SMILES string of the molecule is COc1cc(N)cc(C(F)F)c1OC. The summed E-state index contributed by atoms with van der Waals surface area (Å²) in [5.74, 6) is 0.236. The Bertz CT molecular complexity index is 329. The van der Waals surface area contributed by atoms with Gasteiger partial charge in [-0.1, -0.05) is 0 Å². The third-order valence-electron chi connectivity index (χ3n) is 1.77. The van der Waals surface area contributed by atoms with Crippen LogP contribution in [0.4, 0.5) is 14.5 Å². The van der Waals surface area contributed by atoms with Gasteiger partial charge >= 0.3 is 0 Å². The van der Waals surface area contributed by atoms with Gasteiger partial charge in [0.1, 0.15) is 0 Å². The molecule has 5 heteroatoms. The van der Waals surface area contributed by atoms with Gasteiger partial charge in [0, 0.05) is 11.8 Å². The molecule has 0 heterocycles. The number of alkyl halides is 2. The molecule has 0 bridgehead atoms. The summed E-state index contributed by atoms with van der Waals surface area (Å²) in [7, 11) is 2.67. The van der Waals surface area contributed by atoms with Crippen LogP contribution in [-0.4, -0.2) is 14.2 Å². The zero-order chi connectivity index (χ0) is 10.7. The first-order valence-electron chi connectivity index (χ1n) is 3.89. The number of methoxy groups -OCH3 is 2. The molecule has 0 aliphatic heterocycles. The molecule has 14 heavy (non-hydrogen) atoms. The molecule has 0 amide bonds. The van der Waals surface area contributed by atoms with E-state index >= 15 is 0 Å². The van der Waals surface area contributed by atoms with E-state index in [1.165, 1.54) is 26.4 Å². The van der Waals surface area contributed by atoms with Crippen molar-refractivity contribution in [3.05, 3.63) is 17.7 Å². The second-order valence-electron chi connectivity index (χ2n) is 2.65. The van der Waals surface area contributed by atoms with Gasteiger partial charge in [0.25, 0.3) is 6.43 Å². The zero-order valence-corrected chi connectivity index (χ0v) is 7.88. The van der Waals surface area contributed by atoms with Crippen molar-refractivity contribution >= 4 is 5.69 Å². The number of ether oxygens (including phenoxy) is 2. The Kier molecular flexibility index (Phi) is 3.11. The second kappa shape index (κ2) is 4.13. The van der Waals surface area contributed by atoms with E-state index in [1.807, 2.05) is 0 Å². The lowest BCUT2D eigenvalue weighted by atomic mass is 10.1. The molecule has 0 saturated carbocycles. The fourth-order valence-corrected chi connectivity index (χ4v) is 1.18. The lowest BCUT2D eigenvalue weighted by molar-refractivity contribution is 0.146. The van der Waals surface area contributed by atoms with E-state index in [0.29, 0.717) is 0 Å². The largest absolute Gasteiger partial charge is 0.493 e. The predicted octanol–water partition coefficient (Wildman–Crippen LogP) is 2.22. The minimum absolute atomic E-state index is 0.0247. The summed E-state index contributed by atoms with van der Waals surface area (Å²) in [4.78, 5) is 0. The van der Waals surface area contributed by atoms with Crippen molar-refractivity contribution in [2.45, 2.75) is 6.43 Å². The Labute approximate surface area is 80.4 Å². The number of anilines is 1. The fraction of sp³-hybridized carbons (Fsp3) is 0.333. The van der Waals surface area contributed by atoms with Gasteiger partial charge in [0.05, 0.1) is 19.8 Å². The minimum atomic E-state index is -2.64. The number of hydrogen-bond acceptors (Lipinski definition) is 3. The second-order valence-corrected chi connectivity index (χ2v) is 2.65. The summed E-state index contributed by atoms with van der Waals surface area (Å²) in [5, 5.41) is 0. The van der Waals surface area contributed by atoms with E-state index < -0.39 is 6.43 Å². The van der Waals surface area contributed by atoms with Crippen LogP contribution in [0.5, 0.6) is 11.5 Å². The first-order valence-corrected chi connectivity index (χ1v) is 3.89. The van der Waals surface area contributed by atoms with Gasteiger partial charge in [-0.15, -0.1) is 0 Å². The number of hydrogen-bond donors (Lipinski definition) is 1. The molecule has 0 fully saturated rings. The Balaban J connectivity index is 3.31. The van der Waals surface area contributed by atoms with Crippen LogP contribution in [0.25, 0.3) is 0 Å². The highest BCUT2D eigenvalue weighted by atomic mass is 19.3. The van der Waals surface area contributed by atoms with Crippen molar-refractivity contribution in [3.8, 4) is 11.5 Å². The van der Waals surface area contributed by atoms with Gasteiger partial charge in [-0.2, -0.15) is 0 Å². The van der Waals surface area contributed by atoms with Crippen LogP contribution in [0.2, 0.25) is 0 Å². The Morgan fingerprint density at radius 3 is 2.29 bits per heavy atom. The van der Waals surface area contributed by atoms with Crippen LogP contribution in [-0.2, 0) is 0 Å². The molecule has 0 saturated heterocycles. The number of nitrogens with two attached hydrogens (primary N) is 1. The van der Waals surface area contributed by atoms with Crippen LogP contribution >= 0.6 is 0 Å².